The van der Waals surface area contributed by atoms with Gasteiger partial charge >= 0.3 is 0 Å². The van der Waals surface area contributed by atoms with Gasteiger partial charge in [-0.2, -0.15) is 0 Å². The van der Waals surface area contributed by atoms with Gasteiger partial charge in [-0.05, 0) is 69.1 Å². The highest BCUT2D eigenvalue weighted by Gasteiger charge is 2.17. The molecule has 0 spiro atoms. The van der Waals surface area contributed by atoms with E-state index in [4.69, 9.17) is 9.97 Å². The van der Waals surface area contributed by atoms with Gasteiger partial charge in [0.25, 0.3) is 0 Å². The van der Waals surface area contributed by atoms with Crippen LogP contribution in [0.15, 0.2) is 146 Å². The molecule has 0 fully saturated rings. The van der Waals surface area contributed by atoms with Crippen molar-refractivity contribution in [1.82, 2.24) is 15.0 Å². The number of aromatic nitrogens is 3. The first-order chi connectivity index (χ1) is 21.2. The molecule has 2 heterocycles. The van der Waals surface area contributed by atoms with Crippen molar-refractivity contribution < 1.29 is 5.11 Å². The average Bonchev–Trinajstić information content (AvgIpc) is 3.08. The summed E-state index contributed by atoms with van der Waals surface area (Å²) in [6, 6.07) is 47.3. The number of phenolic OH excluding ortho intramolecular Hbond substituents is 1. The highest BCUT2D eigenvalue weighted by Crippen LogP contribution is 2.42. The lowest BCUT2D eigenvalue weighted by Crippen LogP contribution is -1.96. The van der Waals surface area contributed by atoms with Crippen LogP contribution in [0, 0.1) is 0 Å². The Labute approximate surface area is 248 Å². The summed E-state index contributed by atoms with van der Waals surface area (Å²) in [4.78, 5) is 14.7. The summed E-state index contributed by atoms with van der Waals surface area (Å²) in [6.07, 6.45) is 1.71. The fraction of sp³-hybridized carbons (Fsp3) is 0. The van der Waals surface area contributed by atoms with E-state index in [9.17, 15) is 5.11 Å². The van der Waals surface area contributed by atoms with Gasteiger partial charge in [-0.25, -0.2) is 9.97 Å². The number of benzene rings is 6. The summed E-state index contributed by atoms with van der Waals surface area (Å²) >= 11 is 0. The van der Waals surface area contributed by atoms with Crippen molar-refractivity contribution in [2.45, 2.75) is 0 Å². The van der Waals surface area contributed by atoms with Crippen molar-refractivity contribution >= 4 is 32.4 Å². The quantitative estimate of drug-likeness (QED) is 0.221. The molecule has 4 nitrogen and oxygen atoms in total. The Morgan fingerprint density at radius 2 is 1.12 bits per heavy atom. The Bertz CT molecular complexity index is 2240. The number of pyridine rings is 1. The SMILES string of the molecule is Oc1ccc(-c2c3ccccc3cc3ccc(-c4nc(-c5ccccc5)cc(-c5ccccc5)n4)cc23)c2cccnc12. The van der Waals surface area contributed by atoms with Gasteiger partial charge in [-0.15, -0.1) is 0 Å². The molecule has 0 aliphatic carbocycles. The van der Waals surface area contributed by atoms with Crippen molar-refractivity contribution in [3.63, 3.8) is 0 Å². The summed E-state index contributed by atoms with van der Waals surface area (Å²) in [5.41, 5.74) is 7.46. The van der Waals surface area contributed by atoms with Gasteiger partial charge in [-0.1, -0.05) is 103 Å². The Balaban J connectivity index is 1.42. The zero-order valence-corrected chi connectivity index (χ0v) is 23.1. The van der Waals surface area contributed by atoms with Gasteiger partial charge in [-0.3, -0.25) is 4.98 Å². The van der Waals surface area contributed by atoms with E-state index in [1.165, 1.54) is 0 Å². The molecular weight excluding hydrogens is 526 g/mol. The van der Waals surface area contributed by atoms with Gasteiger partial charge in [0.15, 0.2) is 5.82 Å². The molecule has 0 unspecified atom stereocenters. The van der Waals surface area contributed by atoms with Crippen molar-refractivity contribution in [1.29, 1.82) is 0 Å². The molecular formula is C39H25N3O. The minimum absolute atomic E-state index is 0.171. The van der Waals surface area contributed by atoms with Crippen LogP contribution in [-0.4, -0.2) is 20.1 Å². The second kappa shape index (κ2) is 10.2. The van der Waals surface area contributed by atoms with Crippen LogP contribution in [0.3, 0.4) is 0 Å². The maximum absolute atomic E-state index is 10.6. The van der Waals surface area contributed by atoms with Gasteiger partial charge in [0.05, 0.1) is 11.4 Å². The molecule has 0 amide bonds. The minimum atomic E-state index is 0.171. The van der Waals surface area contributed by atoms with Crippen LogP contribution in [0.25, 0.3) is 77.5 Å². The van der Waals surface area contributed by atoms with Gasteiger partial charge in [0, 0.05) is 28.3 Å². The smallest absolute Gasteiger partial charge is 0.160 e. The fourth-order valence-electron chi connectivity index (χ4n) is 5.96. The molecule has 0 aliphatic heterocycles. The van der Waals surface area contributed by atoms with Crippen molar-refractivity contribution in [3.05, 3.63) is 146 Å². The van der Waals surface area contributed by atoms with E-state index in [1.54, 1.807) is 12.3 Å². The van der Waals surface area contributed by atoms with Gasteiger partial charge in [0.2, 0.25) is 0 Å². The molecule has 0 atom stereocenters. The van der Waals surface area contributed by atoms with Gasteiger partial charge in [0.1, 0.15) is 11.3 Å². The third-order valence-corrected chi connectivity index (χ3v) is 8.00. The molecule has 0 radical (unpaired) electrons. The number of hydrogen-bond donors (Lipinski definition) is 1. The molecule has 202 valence electrons. The predicted octanol–water partition coefficient (Wildman–Crippen LogP) is 9.70. The van der Waals surface area contributed by atoms with E-state index in [0.717, 1.165) is 66.1 Å². The number of rotatable bonds is 4. The van der Waals surface area contributed by atoms with Crippen molar-refractivity contribution in [2.75, 3.05) is 0 Å². The summed E-state index contributed by atoms with van der Waals surface area (Å²) in [7, 11) is 0. The van der Waals surface area contributed by atoms with Crippen molar-refractivity contribution in [2.24, 2.45) is 0 Å². The number of nitrogens with zero attached hydrogens (tertiary/aromatic N) is 3. The maximum Gasteiger partial charge on any atom is 0.160 e. The molecule has 1 N–H and O–H groups in total. The summed E-state index contributed by atoms with van der Waals surface area (Å²) < 4.78 is 0. The first kappa shape index (κ1) is 24.9. The first-order valence-corrected chi connectivity index (χ1v) is 14.3. The van der Waals surface area contributed by atoms with E-state index < -0.39 is 0 Å². The highest BCUT2D eigenvalue weighted by molar-refractivity contribution is 6.17. The molecule has 8 aromatic rings. The van der Waals surface area contributed by atoms with E-state index in [1.807, 2.05) is 54.6 Å². The second-order valence-corrected chi connectivity index (χ2v) is 10.6. The summed E-state index contributed by atoms with van der Waals surface area (Å²) in [6.45, 7) is 0. The minimum Gasteiger partial charge on any atom is -0.506 e. The Kier molecular flexibility index (Phi) is 5.90. The largest absolute Gasteiger partial charge is 0.506 e. The van der Waals surface area contributed by atoms with E-state index in [0.29, 0.717) is 11.3 Å². The van der Waals surface area contributed by atoms with E-state index >= 15 is 0 Å². The summed E-state index contributed by atoms with van der Waals surface area (Å²) in [5.74, 6) is 0.836. The van der Waals surface area contributed by atoms with Gasteiger partial charge < -0.3 is 5.11 Å². The number of fused-ring (bicyclic) bond motifs is 3. The van der Waals surface area contributed by atoms with Crippen molar-refractivity contribution in [3.8, 4) is 50.8 Å². The molecule has 8 rings (SSSR count). The monoisotopic (exact) mass is 551 g/mol. The van der Waals surface area contributed by atoms with E-state index in [-0.39, 0.29) is 5.75 Å². The lowest BCUT2D eigenvalue weighted by molar-refractivity contribution is 0.480. The van der Waals surface area contributed by atoms with Crippen LogP contribution in [0.2, 0.25) is 0 Å². The normalized spacial score (nSPS) is 11.3. The Morgan fingerprint density at radius 3 is 1.86 bits per heavy atom. The predicted molar refractivity (Wildman–Crippen MR) is 176 cm³/mol. The molecule has 0 saturated heterocycles. The van der Waals surface area contributed by atoms with Crippen LogP contribution in [0.4, 0.5) is 0 Å². The molecule has 43 heavy (non-hydrogen) atoms. The lowest BCUT2D eigenvalue weighted by Gasteiger charge is -2.16. The summed E-state index contributed by atoms with van der Waals surface area (Å²) in [5, 5.41) is 16.0. The molecule has 2 aromatic heterocycles. The van der Waals surface area contributed by atoms with Crippen LogP contribution in [0.5, 0.6) is 5.75 Å². The maximum atomic E-state index is 10.6. The molecule has 0 bridgehead atoms. The second-order valence-electron chi connectivity index (χ2n) is 10.6. The number of hydrogen-bond acceptors (Lipinski definition) is 4. The highest BCUT2D eigenvalue weighted by atomic mass is 16.3. The first-order valence-electron chi connectivity index (χ1n) is 14.3. The van der Waals surface area contributed by atoms with Crippen LogP contribution in [-0.2, 0) is 0 Å². The molecule has 4 heteroatoms. The zero-order valence-electron chi connectivity index (χ0n) is 23.1. The van der Waals surface area contributed by atoms with E-state index in [2.05, 4.69) is 83.8 Å². The Morgan fingerprint density at radius 1 is 0.465 bits per heavy atom. The third-order valence-electron chi connectivity index (χ3n) is 8.00. The molecule has 0 saturated carbocycles. The zero-order chi connectivity index (χ0) is 28.8. The fourth-order valence-corrected chi connectivity index (χ4v) is 5.96. The van der Waals surface area contributed by atoms with Crippen LogP contribution < -0.4 is 0 Å². The van der Waals surface area contributed by atoms with Crippen LogP contribution in [0.1, 0.15) is 0 Å². The number of aromatic hydroxyl groups is 1. The van der Waals surface area contributed by atoms with Crippen LogP contribution >= 0.6 is 0 Å². The Hall–Kier alpha value is -5.87. The average molecular weight is 552 g/mol. The topological polar surface area (TPSA) is 58.9 Å². The molecule has 0 aliphatic rings. The lowest BCUT2D eigenvalue weighted by atomic mass is 9.89. The standard InChI is InChI=1S/C39H25N3O/c43-36-20-19-31(32-16-9-21-40-38(32)36)37-30-15-8-7-14-27(30)22-28-17-18-29(23-33(28)37)39-41-34(25-10-3-1-4-11-25)24-35(42-39)26-12-5-2-6-13-26/h1-24,43H. The number of phenols is 1. The molecule has 6 aromatic carbocycles. The third kappa shape index (κ3) is 4.37.